The Morgan fingerprint density at radius 1 is 1.44 bits per heavy atom. The maximum Gasteiger partial charge on any atom is 0.250 e. The zero-order chi connectivity index (χ0) is 11.5. The highest BCUT2D eigenvalue weighted by Gasteiger charge is 2.15. The van der Waals surface area contributed by atoms with Crippen LogP contribution in [-0.2, 0) is 19.4 Å². The fourth-order valence-corrected chi connectivity index (χ4v) is 2.35. The number of nitrogens with one attached hydrogen (secondary N) is 1. The second-order valence-electron chi connectivity index (χ2n) is 4.63. The number of fused-ring (bicyclic) bond motifs is 1. The molecule has 1 N–H and O–H groups in total. The van der Waals surface area contributed by atoms with E-state index in [1.165, 1.54) is 17.7 Å². The van der Waals surface area contributed by atoms with Gasteiger partial charge in [-0.1, -0.05) is 6.07 Å². The first-order chi connectivity index (χ1) is 7.72. The lowest BCUT2D eigenvalue weighted by Gasteiger charge is -2.14. The first-order valence-electron chi connectivity index (χ1n) is 6.11. The van der Waals surface area contributed by atoms with Crippen LogP contribution in [0.3, 0.4) is 0 Å². The molecule has 2 rings (SSSR count). The van der Waals surface area contributed by atoms with Gasteiger partial charge in [0.05, 0.1) is 0 Å². The van der Waals surface area contributed by atoms with Gasteiger partial charge in [-0.3, -0.25) is 4.79 Å². The molecule has 1 heterocycles. The minimum atomic E-state index is 0.156. The van der Waals surface area contributed by atoms with Crippen LogP contribution in [0.25, 0.3) is 0 Å². The molecule has 0 fully saturated rings. The molecule has 88 valence electrons. The van der Waals surface area contributed by atoms with Gasteiger partial charge in [0.15, 0.2) is 0 Å². The molecule has 0 aliphatic heterocycles. The van der Waals surface area contributed by atoms with Crippen LogP contribution in [-0.4, -0.2) is 17.7 Å². The largest absolute Gasteiger partial charge is 0.317 e. The molecule has 0 saturated carbocycles. The van der Waals surface area contributed by atoms with E-state index in [1.54, 1.807) is 6.07 Å². The molecular weight excluding hydrogens is 200 g/mol. The number of rotatable bonds is 4. The highest BCUT2D eigenvalue weighted by atomic mass is 16.1. The van der Waals surface area contributed by atoms with E-state index in [0.29, 0.717) is 6.04 Å². The van der Waals surface area contributed by atoms with Crippen molar-refractivity contribution in [2.24, 2.45) is 0 Å². The second-order valence-corrected chi connectivity index (χ2v) is 4.63. The van der Waals surface area contributed by atoms with Crippen LogP contribution in [0.4, 0.5) is 0 Å². The molecule has 0 spiro atoms. The van der Waals surface area contributed by atoms with Crippen molar-refractivity contribution in [1.29, 1.82) is 0 Å². The van der Waals surface area contributed by atoms with Crippen molar-refractivity contribution in [2.45, 2.75) is 45.2 Å². The van der Waals surface area contributed by atoms with Crippen LogP contribution < -0.4 is 10.9 Å². The molecule has 1 aliphatic rings. The molecule has 0 bridgehead atoms. The van der Waals surface area contributed by atoms with E-state index < -0.39 is 0 Å². The Morgan fingerprint density at radius 3 is 3.00 bits per heavy atom. The lowest BCUT2D eigenvalue weighted by molar-refractivity contribution is 0.495. The lowest BCUT2D eigenvalue weighted by atomic mass is 10.2. The Hall–Kier alpha value is -1.09. The van der Waals surface area contributed by atoms with Crippen LogP contribution in [0, 0.1) is 0 Å². The molecule has 0 amide bonds. The summed E-state index contributed by atoms with van der Waals surface area (Å²) >= 11 is 0. The van der Waals surface area contributed by atoms with E-state index >= 15 is 0 Å². The summed E-state index contributed by atoms with van der Waals surface area (Å²) in [5, 5.41) is 3.21. The third-order valence-electron chi connectivity index (χ3n) is 3.53. The van der Waals surface area contributed by atoms with Crippen molar-refractivity contribution in [3.05, 3.63) is 33.7 Å². The molecule has 0 radical (unpaired) electrons. The molecule has 16 heavy (non-hydrogen) atoms. The van der Waals surface area contributed by atoms with Gasteiger partial charge in [0.25, 0.3) is 5.56 Å². The van der Waals surface area contributed by atoms with E-state index in [9.17, 15) is 4.79 Å². The van der Waals surface area contributed by atoms with Crippen LogP contribution in [0.5, 0.6) is 0 Å². The fourth-order valence-electron chi connectivity index (χ4n) is 2.35. The summed E-state index contributed by atoms with van der Waals surface area (Å²) in [6, 6.07) is 4.18. The van der Waals surface area contributed by atoms with Crippen LogP contribution >= 0.6 is 0 Å². The number of aromatic nitrogens is 1. The number of pyridine rings is 1. The van der Waals surface area contributed by atoms with E-state index in [4.69, 9.17) is 0 Å². The minimum absolute atomic E-state index is 0.156. The Morgan fingerprint density at radius 2 is 2.25 bits per heavy atom. The highest BCUT2D eigenvalue weighted by Crippen LogP contribution is 2.20. The van der Waals surface area contributed by atoms with Crippen molar-refractivity contribution < 1.29 is 0 Å². The highest BCUT2D eigenvalue weighted by molar-refractivity contribution is 5.25. The molecule has 0 saturated heterocycles. The SMILES string of the molecule is CNC(C)CCn1c2c(ccc1=O)CCC2. The summed E-state index contributed by atoms with van der Waals surface area (Å²) < 4.78 is 1.97. The normalized spacial score (nSPS) is 16.1. The molecule has 0 aromatic carbocycles. The van der Waals surface area contributed by atoms with E-state index in [0.717, 1.165) is 25.8 Å². The van der Waals surface area contributed by atoms with Gasteiger partial charge in [0.2, 0.25) is 0 Å². The topological polar surface area (TPSA) is 34.0 Å². The summed E-state index contributed by atoms with van der Waals surface area (Å²) in [4.78, 5) is 11.8. The van der Waals surface area contributed by atoms with Crippen LogP contribution in [0.2, 0.25) is 0 Å². The maximum absolute atomic E-state index is 11.8. The Balaban J connectivity index is 2.20. The molecule has 1 unspecified atom stereocenters. The van der Waals surface area contributed by atoms with Crippen molar-refractivity contribution in [3.8, 4) is 0 Å². The summed E-state index contributed by atoms with van der Waals surface area (Å²) in [5.41, 5.74) is 2.80. The van der Waals surface area contributed by atoms with Crippen molar-refractivity contribution >= 4 is 0 Å². The van der Waals surface area contributed by atoms with Gasteiger partial charge in [-0.05, 0) is 45.2 Å². The van der Waals surface area contributed by atoms with Gasteiger partial charge in [-0.25, -0.2) is 0 Å². The standard InChI is InChI=1S/C13H20N2O/c1-10(14-2)8-9-15-12-5-3-4-11(12)6-7-13(15)16/h6-7,10,14H,3-5,8-9H2,1-2H3. The van der Waals surface area contributed by atoms with Gasteiger partial charge in [0.1, 0.15) is 0 Å². The Bertz CT molecular complexity index is 422. The zero-order valence-corrected chi connectivity index (χ0v) is 10.1. The predicted molar refractivity (Wildman–Crippen MR) is 65.9 cm³/mol. The van der Waals surface area contributed by atoms with Crippen LogP contribution in [0.15, 0.2) is 16.9 Å². The summed E-state index contributed by atoms with van der Waals surface area (Å²) in [6.07, 6.45) is 4.41. The average molecular weight is 220 g/mol. The quantitative estimate of drug-likeness (QED) is 0.830. The van der Waals surface area contributed by atoms with E-state index in [-0.39, 0.29) is 5.56 Å². The molecular formula is C13H20N2O. The lowest BCUT2D eigenvalue weighted by Crippen LogP contribution is -2.28. The second kappa shape index (κ2) is 4.83. The van der Waals surface area contributed by atoms with Crippen LogP contribution in [0.1, 0.15) is 31.0 Å². The minimum Gasteiger partial charge on any atom is -0.317 e. The van der Waals surface area contributed by atoms with Gasteiger partial charge >= 0.3 is 0 Å². The number of hydrogen-bond acceptors (Lipinski definition) is 2. The Kier molecular flexibility index (Phi) is 3.44. The number of aryl methyl sites for hydroxylation is 1. The predicted octanol–water partition coefficient (Wildman–Crippen LogP) is 1.33. The third kappa shape index (κ3) is 2.19. The first kappa shape index (κ1) is 11.4. The monoisotopic (exact) mass is 220 g/mol. The van der Waals surface area contributed by atoms with Gasteiger partial charge < -0.3 is 9.88 Å². The van der Waals surface area contributed by atoms with Crippen molar-refractivity contribution in [2.75, 3.05) is 7.05 Å². The average Bonchev–Trinajstić information content (AvgIpc) is 2.75. The molecule has 1 aliphatic carbocycles. The summed E-state index contributed by atoms with van der Waals surface area (Å²) in [7, 11) is 1.96. The molecule has 3 nitrogen and oxygen atoms in total. The van der Waals surface area contributed by atoms with Crippen molar-refractivity contribution in [3.63, 3.8) is 0 Å². The fraction of sp³-hybridized carbons (Fsp3) is 0.615. The van der Waals surface area contributed by atoms with Crippen molar-refractivity contribution in [1.82, 2.24) is 9.88 Å². The molecule has 1 atom stereocenters. The van der Waals surface area contributed by atoms with Gasteiger partial charge in [0, 0.05) is 24.3 Å². The smallest absolute Gasteiger partial charge is 0.250 e. The first-order valence-corrected chi connectivity index (χ1v) is 6.11. The van der Waals surface area contributed by atoms with E-state index in [2.05, 4.69) is 12.2 Å². The molecule has 3 heteroatoms. The third-order valence-corrected chi connectivity index (χ3v) is 3.53. The Labute approximate surface area is 96.5 Å². The number of nitrogens with zero attached hydrogens (tertiary/aromatic N) is 1. The zero-order valence-electron chi connectivity index (χ0n) is 10.1. The molecule has 1 aromatic rings. The molecule has 1 aromatic heterocycles. The maximum atomic E-state index is 11.8. The van der Waals surface area contributed by atoms with Gasteiger partial charge in [-0.2, -0.15) is 0 Å². The summed E-state index contributed by atoms with van der Waals surface area (Å²) in [5.74, 6) is 0. The number of hydrogen-bond donors (Lipinski definition) is 1. The van der Waals surface area contributed by atoms with Gasteiger partial charge in [-0.15, -0.1) is 0 Å². The summed E-state index contributed by atoms with van der Waals surface area (Å²) in [6.45, 7) is 2.98. The van der Waals surface area contributed by atoms with E-state index in [1.807, 2.05) is 17.7 Å².